The first-order valence-corrected chi connectivity index (χ1v) is 10.7. The number of aliphatic carboxylic acids is 1. The lowest BCUT2D eigenvalue weighted by Gasteiger charge is -2.16. The minimum absolute atomic E-state index is 0.0279. The van der Waals surface area contributed by atoms with Crippen molar-refractivity contribution in [2.24, 2.45) is 5.92 Å². The number of allylic oxidation sites excluding steroid dienone is 4. The molecule has 0 heterocycles. The second-order valence-corrected chi connectivity index (χ2v) is 8.48. The van der Waals surface area contributed by atoms with Gasteiger partial charge in [0, 0.05) is 6.42 Å². The molecule has 0 unspecified atom stereocenters. The molecule has 1 rings (SSSR count). The molecule has 0 radical (unpaired) electrons. The van der Waals surface area contributed by atoms with Gasteiger partial charge in [-0.05, 0) is 49.5 Å². The highest BCUT2D eigenvalue weighted by atomic mass is 32.2. The number of aliphatic hydroxyl groups is 2. The summed E-state index contributed by atoms with van der Waals surface area (Å²) >= 11 is 2.18. The van der Waals surface area contributed by atoms with Crippen molar-refractivity contribution in [2.75, 3.05) is 11.5 Å². The molecule has 7 heteroatoms. The minimum atomic E-state index is -2.73. The molecule has 0 aromatic carbocycles. The molecule has 5 nitrogen and oxygen atoms in total. The summed E-state index contributed by atoms with van der Waals surface area (Å²) in [6.45, 7) is 2.11. The maximum atomic E-state index is 12.0. The Morgan fingerprint density at radius 1 is 1.24 bits per heavy atom. The predicted octanol–water partition coefficient (Wildman–Crippen LogP) is 3.22. The highest BCUT2D eigenvalue weighted by Gasteiger charge is 2.34. The maximum Gasteiger partial charge on any atom is 0.375 e. The lowest BCUT2D eigenvalue weighted by atomic mass is 10.1. The van der Waals surface area contributed by atoms with Crippen LogP contribution in [0, 0.1) is 5.92 Å². The fourth-order valence-corrected chi connectivity index (χ4v) is 4.77. The van der Waals surface area contributed by atoms with Gasteiger partial charge < -0.3 is 15.3 Å². The van der Waals surface area contributed by atoms with Crippen LogP contribution in [0.3, 0.4) is 0 Å². The Kier molecular flexibility index (Phi) is 10.5. The number of carbonyl (C=O) groups is 2. The summed E-state index contributed by atoms with van der Waals surface area (Å²) in [4.78, 5) is 22.6. The Labute approximate surface area is 158 Å². The van der Waals surface area contributed by atoms with E-state index in [0.717, 1.165) is 25.7 Å². The second-order valence-electron chi connectivity index (χ2n) is 5.96. The molecular formula is C18H28O5S2. The zero-order valence-electron chi connectivity index (χ0n) is 14.6. The normalized spacial score (nSPS) is 21.6. The number of carboxylic acids is 1. The quantitative estimate of drug-likeness (QED) is 0.268. The van der Waals surface area contributed by atoms with Crippen LogP contribution in [0.15, 0.2) is 24.3 Å². The zero-order chi connectivity index (χ0) is 18.7. The number of rotatable bonds is 12. The van der Waals surface area contributed by atoms with Crippen molar-refractivity contribution < 1.29 is 24.9 Å². The van der Waals surface area contributed by atoms with Gasteiger partial charge in [0.1, 0.15) is 5.78 Å². The Balaban J connectivity index is 2.30. The number of hydrogen-bond acceptors (Lipinski definition) is 6. The predicted molar refractivity (Wildman–Crippen MR) is 104 cm³/mol. The maximum absolute atomic E-state index is 12.0. The summed E-state index contributed by atoms with van der Waals surface area (Å²) in [6, 6.07) is 0. The lowest BCUT2D eigenvalue weighted by Crippen LogP contribution is -2.34. The van der Waals surface area contributed by atoms with Gasteiger partial charge in [-0.25, -0.2) is 4.79 Å². The molecule has 1 fully saturated rings. The number of Topliss-reactive ketones (excluding diaryl/α,β-unsaturated/α-hetero) is 1. The highest BCUT2D eigenvalue weighted by Crippen LogP contribution is 2.34. The van der Waals surface area contributed by atoms with Crippen LogP contribution in [0.25, 0.3) is 0 Å². The van der Waals surface area contributed by atoms with E-state index >= 15 is 0 Å². The first kappa shape index (κ1) is 22.3. The molecule has 0 aliphatic heterocycles. The summed E-state index contributed by atoms with van der Waals surface area (Å²) in [5, 5.41) is 24.3. The van der Waals surface area contributed by atoms with E-state index in [2.05, 4.69) is 31.2 Å². The van der Waals surface area contributed by atoms with Gasteiger partial charge in [-0.1, -0.05) is 43.0 Å². The molecule has 0 aromatic heterocycles. The Morgan fingerprint density at radius 2 is 1.96 bits per heavy atom. The molecule has 0 saturated heterocycles. The van der Waals surface area contributed by atoms with Crippen molar-refractivity contribution in [2.45, 2.75) is 55.8 Å². The molecule has 0 spiro atoms. The van der Waals surface area contributed by atoms with E-state index in [1.807, 2.05) is 0 Å². The third-order valence-electron chi connectivity index (χ3n) is 3.88. The van der Waals surface area contributed by atoms with Gasteiger partial charge >= 0.3 is 11.1 Å². The van der Waals surface area contributed by atoms with Crippen LogP contribution in [0.2, 0.25) is 0 Å². The average molecular weight is 389 g/mol. The minimum Gasteiger partial charge on any atom is -0.477 e. The van der Waals surface area contributed by atoms with E-state index in [9.17, 15) is 19.8 Å². The van der Waals surface area contributed by atoms with E-state index < -0.39 is 11.1 Å². The molecule has 142 valence electrons. The van der Waals surface area contributed by atoms with Crippen LogP contribution in [-0.4, -0.2) is 48.9 Å². The van der Waals surface area contributed by atoms with Crippen LogP contribution >= 0.6 is 23.5 Å². The highest BCUT2D eigenvalue weighted by molar-refractivity contribution is 8.01. The summed E-state index contributed by atoms with van der Waals surface area (Å²) in [6.07, 6.45) is 13.8. The van der Waals surface area contributed by atoms with E-state index in [-0.39, 0.29) is 17.0 Å². The molecule has 1 saturated carbocycles. The van der Waals surface area contributed by atoms with Gasteiger partial charge in [-0.2, -0.15) is 0 Å². The molecular weight excluding hydrogens is 360 g/mol. The second kappa shape index (κ2) is 11.8. The molecule has 0 bridgehead atoms. The van der Waals surface area contributed by atoms with Crippen molar-refractivity contribution in [3.63, 3.8) is 0 Å². The smallest absolute Gasteiger partial charge is 0.375 e. The first-order valence-electron chi connectivity index (χ1n) is 8.66. The number of carboxylic acid groups (broad SMARTS) is 1. The number of ketones is 1. The van der Waals surface area contributed by atoms with Crippen molar-refractivity contribution in [3.05, 3.63) is 24.3 Å². The fourth-order valence-electron chi connectivity index (χ4n) is 2.55. The lowest BCUT2D eigenvalue weighted by molar-refractivity contribution is -0.174. The standard InChI is InChI=1S/C18H28O5S2/c1-2-3-4-5-6-7-9-14-10-11-15(19)16(14)24-12-8-13-25-18(22,23)17(20)21/h3-4,7,9,14,16,22-23H,2,5-6,8,10-13H2,1H3,(H,20,21)/b4-3-,9-7+/t14-,16+/m0/s1. The van der Waals surface area contributed by atoms with Crippen molar-refractivity contribution in [1.82, 2.24) is 0 Å². The van der Waals surface area contributed by atoms with Gasteiger partial charge in [0.25, 0.3) is 0 Å². The number of unbranched alkanes of at least 4 members (excludes halogenated alkanes) is 1. The van der Waals surface area contributed by atoms with Gasteiger partial charge in [0.15, 0.2) is 0 Å². The van der Waals surface area contributed by atoms with Crippen molar-refractivity contribution in [1.29, 1.82) is 0 Å². The number of carbonyl (C=O) groups excluding carboxylic acids is 1. The molecule has 0 amide bonds. The number of thioether (sulfide) groups is 2. The van der Waals surface area contributed by atoms with Gasteiger partial charge in [0.05, 0.1) is 5.25 Å². The van der Waals surface area contributed by atoms with Crippen molar-refractivity contribution in [3.8, 4) is 0 Å². The topological polar surface area (TPSA) is 94.8 Å². The molecule has 0 aromatic rings. The zero-order valence-corrected chi connectivity index (χ0v) is 16.2. The van der Waals surface area contributed by atoms with Crippen molar-refractivity contribution >= 4 is 35.3 Å². The van der Waals surface area contributed by atoms with Crippen LogP contribution in [0.5, 0.6) is 0 Å². The summed E-state index contributed by atoms with van der Waals surface area (Å²) in [7, 11) is 0. The third-order valence-corrected chi connectivity index (χ3v) is 6.45. The Hall–Kier alpha value is -0.760. The van der Waals surface area contributed by atoms with Gasteiger partial charge in [0.2, 0.25) is 0 Å². The number of hydrogen-bond donors (Lipinski definition) is 3. The molecule has 25 heavy (non-hydrogen) atoms. The van der Waals surface area contributed by atoms with E-state index in [4.69, 9.17) is 5.11 Å². The van der Waals surface area contributed by atoms with Crippen LogP contribution in [-0.2, 0) is 9.59 Å². The third kappa shape index (κ3) is 8.44. The van der Waals surface area contributed by atoms with Gasteiger partial charge in [-0.3, -0.25) is 4.79 Å². The van der Waals surface area contributed by atoms with Crippen LogP contribution < -0.4 is 0 Å². The van der Waals surface area contributed by atoms with Crippen LogP contribution in [0.1, 0.15) is 45.4 Å². The molecule has 1 aliphatic carbocycles. The first-order chi connectivity index (χ1) is 11.9. The summed E-state index contributed by atoms with van der Waals surface area (Å²) < 4.78 is 0. The summed E-state index contributed by atoms with van der Waals surface area (Å²) in [5.74, 6) is -0.0910. The van der Waals surface area contributed by atoms with E-state index in [1.54, 1.807) is 11.8 Å². The average Bonchev–Trinajstić information content (AvgIpc) is 2.90. The largest absolute Gasteiger partial charge is 0.477 e. The monoisotopic (exact) mass is 388 g/mol. The van der Waals surface area contributed by atoms with E-state index in [1.165, 1.54) is 0 Å². The van der Waals surface area contributed by atoms with Crippen LogP contribution in [0.4, 0.5) is 0 Å². The van der Waals surface area contributed by atoms with Gasteiger partial charge in [-0.15, -0.1) is 11.8 Å². The Morgan fingerprint density at radius 3 is 2.64 bits per heavy atom. The Bertz CT molecular complexity index is 488. The van der Waals surface area contributed by atoms with E-state index in [0.29, 0.717) is 36.1 Å². The fraction of sp³-hybridized carbons (Fsp3) is 0.667. The molecule has 3 N–H and O–H groups in total. The molecule has 2 atom stereocenters. The molecule has 1 aliphatic rings. The SMILES string of the molecule is CC/C=C\CC/C=C/[C@H]1CCC(=O)[C@@H]1SCCCSC(O)(O)C(=O)O. The summed E-state index contributed by atoms with van der Waals surface area (Å²) in [5.41, 5.74) is 0.